The molecule has 0 saturated heterocycles. The second-order valence-corrected chi connectivity index (χ2v) is 3.78. The zero-order valence-electron chi connectivity index (χ0n) is 8.97. The minimum Gasteiger partial charge on any atom is -0.386 e. The monoisotopic (exact) mass is 220 g/mol. The molecule has 4 heteroatoms. The van der Waals surface area contributed by atoms with Crippen molar-refractivity contribution in [1.82, 2.24) is 9.55 Å². The molecular formula is C12H13FN2O. The molecule has 1 unspecified atom stereocenters. The van der Waals surface area contributed by atoms with Gasteiger partial charge in [0.25, 0.3) is 0 Å². The third kappa shape index (κ3) is 2.28. The lowest BCUT2D eigenvalue weighted by molar-refractivity contribution is 0.170. The number of aliphatic hydroxyl groups is 1. The van der Waals surface area contributed by atoms with Crippen molar-refractivity contribution in [1.29, 1.82) is 0 Å². The first kappa shape index (κ1) is 10.8. The molecule has 3 nitrogen and oxygen atoms in total. The van der Waals surface area contributed by atoms with E-state index in [0.29, 0.717) is 6.42 Å². The van der Waals surface area contributed by atoms with Gasteiger partial charge in [0.05, 0.1) is 24.3 Å². The van der Waals surface area contributed by atoms with Crippen molar-refractivity contribution >= 4 is 0 Å². The molecule has 0 aliphatic carbocycles. The van der Waals surface area contributed by atoms with Crippen LogP contribution in [0.1, 0.15) is 17.4 Å². The number of aromatic nitrogens is 2. The van der Waals surface area contributed by atoms with Crippen molar-refractivity contribution in [3.63, 3.8) is 0 Å². The van der Waals surface area contributed by atoms with Crippen LogP contribution in [0.4, 0.5) is 4.39 Å². The minimum atomic E-state index is -0.613. The molecular weight excluding hydrogens is 207 g/mol. The van der Waals surface area contributed by atoms with Crippen molar-refractivity contribution in [3.8, 4) is 0 Å². The predicted molar refractivity (Wildman–Crippen MR) is 58.3 cm³/mol. The van der Waals surface area contributed by atoms with Crippen LogP contribution in [0, 0.1) is 5.82 Å². The van der Waals surface area contributed by atoms with Crippen LogP contribution in [0.2, 0.25) is 0 Å². The van der Waals surface area contributed by atoms with Crippen molar-refractivity contribution < 1.29 is 9.50 Å². The molecule has 0 radical (unpaired) electrons. The number of imidazole rings is 1. The summed E-state index contributed by atoms with van der Waals surface area (Å²) in [6, 6.07) is 6.14. The maximum atomic E-state index is 12.7. The third-order valence-electron chi connectivity index (χ3n) is 2.54. The van der Waals surface area contributed by atoms with E-state index < -0.39 is 6.10 Å². The molecule has 1 atom stereocenters. The van der Waals surface area contributed by atoms with Gasteiger partial charge in [-0.05, 0) is 17.7 Å². The van der Waals surface area contributed by atoms with Crippen molar-refractivity contribution in [2.45, 2.75) is 12.5 Å². The molecule has 1 N–H and O–H groups in total. The first-order valence-electron chi connectivity index (χ1n) is 5.05. The number of hydrogen-bond donors (Lipinski definition) is 1. The summed E-state index contributed by atoms with van der Waals surface area (Å²) in [4.78, 5) is 3.94. The van der Waals surface area contributed by atoms with E-state index in [-0.39, 0.29) is 5.82 Å². The van der Waals surface area contributed by atoms with E-state index in [1.165, 1.54) is 12.1 Å². The van der Waals surface area contributed by atoms with Gasteiger partial charge in [-0.1, -0.05) is 12.1 Å². The molecule has 0 bridgehead atoms. The SMILES string of the molecule is Cn1cncc1C(O)Cc1ccc(F)cc1. The largest absolute Gasteiger partial charge is 0.386 e. The first-order chi connectivity index (χ1) is 7.66. The number of benzene rings is 1. The quantitative estimate of drug-likeness (QED) is 0.857. The summed E-state index contributed by atoms with van der Waals surface area (Å²) in [7, 11) is 1.83. The number of aryl methyl sites for hydroxylation is 1. The van der Waals surface area contributed by atoms with Crippen molar-refractivity contribution in [2.75, 3.05) is 0 Å². The lowest BCUT2D eigenvalue weighted by atomic mass is 10.1. The zero-order valence-corrected chi connectivity index (χ0v) is 8.97. The Labute approximate surface area is 93.2 Å². The molecule has 1 aromatic heterocycles. The molecule has 0 saturated carbocycles. The number of rotatable bonds is 3. The van der Waals surface area contributed by atoms with Crippen LogP contribution >= 0.6 is 0 Å². The molecule has 0 aliphatic rings. The highest BCUT2D eigenvalue weighted by atomic mass is 19.1. The summed E-state index contributed by atoms with van der Waals surface area (Å²) in [5.74, 6) is -0.265. The van der Waals surface area contributed by atoms with E-state index in [2.05, 4.69) is 4.98 Å². The normalized spacial score (nSPS) is 12.7. The van der Waals surface area contributed by atoms with E-state index >= 15 is 0 Å². The molecule has 2 rings (SSSR count). The van der Waals surface area contributed by atoms with E-state index in [9.17, 15) is 9.50 Å². The van der Waals surface area contributed by atoms with Crippen molar-refractivity contribution in [2.24, 2.45) is 7.05 Å². The molecule has 1 heterocycles. The van der Waals surface area contributed by atoms with Gasteiger partial charge in [0.1, 0.15) is 5.82 Å². The molecule has 16 heavy (non-hydrogen) atoms. The maximum Gasteiger partial charge on any atom is 0.123 e. The lowest BCUT2D eigenvalue weighted by Crippen LogP contribution is -2.06. The van der Waals surface area contributed by atoms with Crippen LogP contribution in [0.5, 0.6) is 0 Å². The summed E-state index contributed by atoms with van der Waals surface area (Å²) in [6.45, 7) is 0. The maximum absolute atomic E-state index is 12.7. The number of nitrogens with zero attached hydrogens (tertiary/aromatic N) is 2. The van der Waals surface area contributed by atoms with E-state index in [1.807, 2.05) is 7.05 Å². The van der Waals surface area contributed by atoms with Gasteiger partial charge >= 0.3 is 0 Å². The average molecular weight is 220 g/mol. The summed E-state index contributed by atoms with van der Waals surface area (Å²) in [5.41, 5.74) is 1.65. The fraction of sp³-hybridized carbons (Fsp3) is 0.250. The summed E-state index contributed by atoms with van der Waals surface area (Å²) in [6.07, 6.45) is 3.12. The average Bonchev–Trinajstić information content (AvgIpc) is 2.68. The standard InChI is InChI=1S/C12H13FN2O/c1-15-8-14-7-11(15)12(16)6-9-2-4-10(13)5-3-9/h2-5,7-8,12,16H,6H2,1H3. The molecule has 1 aromatic carbocycles. The van der Waals surface area contributed by atoms with Gasteiger partial charge in [-0.25, -0.2) is 9.37 Å². The number of aliphatic hydroxyl groups excluding tert-OH is 1. The van der Waals surface area contributed by atoms with Crippen molar-refractivity contribution in [3.05, 3.63) is 53.9 Å². The Kier molecular flexibility index (Phi) is 3.01. The second-order valence-electron chi connectivity index (χ2n) is 3.78. The summed E-state index contributed by atoms with van der Waals surface area (Å²) < 4.78 is 14.5. The van der Waals surface area contributed by atoms with Gasteiger partial charge in [-0.15, -0.1) is 0 Å². The molecule has 0 fully saturated rings. The fourth-order valence-electron chi connectivity index (χ4n) is 1.64. The van der Waals surface area contributed by atoms with Gasteiger partial charge in [-0.3, -0.25) is 0 Å². The highest BCUT2D eigenvalue weighted by Gasteiger charge is 2.11. The lowest BCUT2D eigenvalue weighted by Gasteiger charge is -2.11. The number of hydrogen-bond acceptors (Lipinski definition) is 2. The summed E-state index contributed by atoms with van der Waals surface area (Å²) >= 11 is 0. The van der Waals surface area contributed by atoms with E-state index in [1.54, 1.807) is 29.2 Å². The Morgan fingerprint density at radius 2 is 2.06 bits per heavy atom. The van der Waals surface area contributed by atoms with Crippen LogP contribution < -0.4 is 0 Å². The number of halogens is 1. The minimum absolute atomic E-state index is 0.265. The fourth-order valence-corrected chi connectivity index (χ4v) is 1.64. The Balaban J connectivity index is 2.10. The van der Waals surface area contributed by atoms with Crippen LogP contribution in [-0.4, -0.2) is 14.7 Å². The Hall–Kier alpha value is -1.68. The van der Waals surface area contributed by atoms with Crippen LogP contribution in [0.15, 0.2) is 36.8 Å². The Morgan fingerprint density at radius 3 is 2.62 bits per heavy atom. The van der Waals surface area contributed by atoms with Gasteiger partial charge in [0, 0.05) is 13.5 Å². The van der Waals surface area contributed by atoms with Gasteiger partial charge in [-0.2, -0.15) is 0 Å². The van der Waals surface area contributed by atoms with Gasteiger partial charge < -0.3 is 9.67 Å². The topological polar surface area (TPSA) is 38.0 Å². The van der Waals surface area contributed by atoms with Gasteiger partial charge in [0.15, 0.2) is 0 Å². The van der Waals surface area contributed by atoms with Gasteiger partial charge in [0.2, 0.25) is 0 Å². The highest BCUT2D eigenvalue weighted by Crippen LogP contribution is 2.17. The predicted octanol–water partition coefficient (Wildman–Crippen LogP) is 1.84. The molecule has 0 spiro atoms. The molecule has 84 valence electrons. The molecule has 2 aromatic rings. The zero-order chi connectivity index (χ0) is 11.5. The second kappa shape index (κ2) is 4.45. The van der Waals surface area contributed by atoms with Crippen LogP contribution in [-0.2, 0) is 13.5 Å². The highest BCUT2D eigenvalue weighted by molar-refractivity contribution is 5.18. The van der Waals surface area contributed by atoms with E-state index in [4.69, 9.17) is 0 Å². The first-order valence-corrected chi connectivity index (χ1v) is 5.05. The smallest absolute Gasteiger partial charge is 0.123 e. The Morgan fingerprint density at radius 1 is 1.38 bits per heavy atom. The third-order valence-corrected chi connectivity index (χ3v) is 2.54. The van der Waals surface area contributed by atoms with E-state index in [0.717, 1.165) is 11.3 Å². The van der Waals surface area contributed by atoms with Crippen LogP contribution in [0.3, 0.4) is 0 Å². The Bertz CT molecular complexity index is 464. The molecule has 0 amide bonds. The van der Waals surface area contributed by atoms with Crippen LogP contribution in [0.25, 0.3) is 0 Å². The summed E-state index contributed by atoms with van der Waals surface area (Å²) in [5, 5.41) is 9.96. The molecule has 0 aliphatic heterocycles.